The van der Waals surface area contributed by atoms with E-state index in [-0.39, 0.29) is 12.6 Å². The largest absolute Gasteiger partial charge is 0.444 e. The summed E-state index contributed by atoms with van der Waals surface area (Å²) in [6.07, 6.45) is -0.181. The molecule has 0 aromatic heterocycles. The Morgan fingerprint density at radius 1 is 1.35 bits per heavy atom. The minimum absolute atomic E-state index is 0.0687. The Kier molecular flexibility index (Phi) is 6.11. The molecule has 0 heterocycles. The lowest BCUT2D eigenvalue weighted by atomic mass is 10.0. The van der Waals surface area contributed by atoms with Crippen LogP contribution in [0.3, 0.4) is 0 Å². The van der Waals surface area contributed by atoms with Gasteiger partial charge in [0.25, 0.3) is 0 Å². The highest BCUT2D eigenvalue weighted by molar-refractivity contribution is 6.42. The Balaban J connectivity index is 2.83. The number of aliphatic hydroxyl groups is 1. The van der Waals surface area contributed by atoms with Crippen LogP contribution in [0.4, 0.5) is 4.79 Å². The van der Waals surface area contributed by atoms with Gasteiger partial charge in [0.15, 0.2) is 0 Å². The number of amides is 1. The maximum Gasteiger partial charge on any atom is 0.408 e. The van der Waals surface area contributed by atoms with Crippen molar-refractivity contribution in [2.24, 2.45) is 0 Å². The van der Waals surface area contributed by atoms with Crippen LogP contribution in [-0.4, -0.2) is 23.4 Å². The van der Waals surface area contributed by atoms with E-state index < -0.39 is 11.7 Å². The van der Waals surface area contributed by atoms with Crippen LogP contribution in [0, 0.1) is 0 Å². The number of aliphatic hydroxyl groups excluding tert-OH is 1. The molecule has 112 valence electrons. The van der Waals surface area contributed by atoms with Crippen molar-refractivity contribution in [1.29, 1.82) is 0 Å². The van der Waals surface area contributed by atoms with Crippen molar-refractivity contribution in [1.82, 2.24) is 5.32 Å². The van der Waals surface area contributed by atoms with Gasteiger partial charge in [0.2, 0.25) is 0 Å². The van der Waals surface area contributed by atoms with Crippen molar-refractivity contribution in [2.45, 2.75) is 38.8 Å². The third-order valence-corrected chi connectivity index (χ3v) is 3.19. The molecular weight excluding hydrogens is 301 g/mol. The van der Waals surface area contributed by atoms with Gasteiger partial charge in [-0.1, -0.05) is 29.3 Å². The molecule has 0 spiro atoms. The van der Waals surface area contributed by atoms with Crippen molar-refractivity contribution in [3.8, 4) is 0 Å². The van der Waals surface area contributed by atoms with E-state index in [2.05, 4.69) is 5.32 Å². The van der Waals surface area contributed by atoms with E-state index in [9.17, 15) is 4.79 Å². The summed E-state index contributed by atoms with van der Waals surface area (Å²) >= 11 is 11.8. The normalized spacial score (nSPS) is 12.9. The summed E-state index contributed by atoms with van der Waals surface area (Å²) in [5, 5.41) is 12.7. The van der Waals surface area contributed by atoms with Crippen LogP contribution < -0.4 is 5.32 Å². The zero-order valence-corrected chi connectivity index (χ0v) is 13.3. The van der Waals surface area contributed by atoms with Crippen LogP contribution in [0.2, 0.25) is 10.0 Å². The molecule has 0 radical (unpaired) electrons. The second-order valence-electron chi connectivity index (χ2n) is 5.38. The van der Waals surface area contributed by atoms with Crippen molar-refractivity contribution in [2.75, 3.05) is 6.61 Å². The molecule has 0 fully saturated rings. The average molecular weight is 320 g/mol. The molecule has 4 nitrogen and oxygen atoms in total. The van der Waals surface area contributed by atoms with Crippen molar-refractivity contribution in [3.63, 3.8) is 0 Å². The number of alkyl carbamates (subject to hydrolysis) is 1. The second-order valence-corrected chi connectivity index (χ2v) is 6.20. The Bertz CT molecular complexity index is 472. The third kappa shape index (κ3) is 5.57. The van der Waals surface area contributed by atoms with Gasteiger partial charge in [-0.3, -0.25) is 0 Å². The SMILES string of the molecule is CC(C)(C)OC(=O)NC(CCO)c1ccc(Cl)c(Cl)c1. The number of carbonyl (C=O) groups excluding carboxylic acids is 1. The number of halogens is 2. The molecule has 1 aromatic rings. The number of nitrogens with one attached hydrogen (secondary N) is 1. The van der Waals surface area contributed by atoms with Gasteiger partial charge in [-0.05, 0) is 44.9 Å². The molecule has 1 amide bonds. The Morgan fingerprint density at radius 2 is 2.00 bits per heavy atom. The molecule has 0 bridgehead atoms. The van der Waals surface area contributed by atoms with Gasteiger partial charge in [-0.25, -0.2) is 4.79 Å². The topological polar surface area (TPSA) is 58.6 Å². The molecule has 0 saturated heterocycles. The molecule has 0 aliphatic carbocycles. The zero-order chi connectivity index (χ0) is 15.3. The molecule has 1 atom stereocenters. The molecule has 6 heteroatoms. The number of hydrogen-bond donors (Lipinski definition) is 2. The van der Waals surface area contributed by atoms with Gasteiger partial charge in [0, 0.05) is 6.61 Å². The smallest absolute Gasteiger partial charge is 0.408 e. The lowest BCUT2D eigenvalue weighted by molar-refractivity contribution is 0.0496. The van der Waals surface area contributed by atoms with E-state index >= 15 is 0 Å². The monoisotopic (exact) mass is 319 g/mol. The van der Waals surface area contributed by atoms with Crippen molar-refractivity contribution < 1.29 is 14.6 Å². The van der Waals surface area contributed by atoms with Gasteiger partial charge in [-0.2, -0.15) is 0 Å². The first-order valence-electron chi connectivity index (χ1n) is 6.28. The predicted molar refractivity (Wildman–Crippen MR) is 80.3 cm³/mol. The van der Waals surface area contributed by atoms with E-state index in [0.29, 0.717) is 16.5 Å². The van der Waals surface area contributed by atoms with Crippen LogP contribution >= 0.6 is 23.2 Å². The first-order chi connectivity index (χ1) is 9.23. The summed E-state index contributed by atoms with van der Waals surface area (Å²) in [4.78, 5) is 11.8. The van der Waals surface area contributed by atoms with E-state index in [1.165, 1.54) is 0 Å². The standard InChI is InChI=1S/C14H19Cl2NO3/c1-14(2,3)20-13(19)17-12(6-7-18)9-4-5-10(15)11(16)8-9/h4-5,8,12,18H,6-7H2,1-3H3,(H,17,19). The minimum Gasteiger partial charge on any atom is -0.444 e. The summed E-state index contributed by atoms with van der Waals surface area (Å²) in [6.45, 7) is 5.28. The number of rotatable bonds is 4. The Hall–Kier alpha value is -0.970. The van der Waals surface area contributed by atoms with Crippen LogP contribution in [0.25, 0.3) is 0 Å². The molecule has 1 aromatic carbocycles. The quantitative estimate of drug-likeness (QED) is 0.883. The highest BCUT2D eigenvalue weighted by Gasteiger charge is 2.20. The summed E-state index contributed by atoms with van der Waals surface area (Å²) < 4.78 is 5.20. The zero-order valence-electron chi connectivity index (χ0n) is 11.7. The molecule has 1 rings (SSSR count). The van der Waals surface area contributed by atoms with E-state index in [4.69, 9.17) is 33.0 Å². The van der Waals surface area contributed by atoms with Gasteiger partial charge < -0.3 is 15.2 Å². The second kappa shape index (κ2) is 7.16. The summed E-state index contributed by atoms with van der Waals surface area (Å²) in [5.41, 5.74) is 0.185. The Labute approximate surface area is 129 Å². The summed E-state index contributed by atoms with van der Waals surface area (Å²) in [7, 11) is 0. The minimum atomic E-state index is -0.578. The van der Waals surface area contributed by atoms with Gasteiger partial charge in [-0.15, -0.1) is 0 Å². The lowest BCUT2D eigenvalue weighted by Gasteiger charge is -2.23. The predicted octanol–water partition coefficient (Wildman–Crippen LogP) is 3.94. The summed E-state index contributed by atoms with van der Waals surface area (Å²) in [5.74, 6) is 0. The van der Waals surface area contributed by atoms with E-state index in [1.54, 1.807) is 39.0 Å². The van der Waals surface area contributed by atoms with Crippen LogP contribution in [0.15, 0.2) is 18.2 Å². The first-order valence-corrected chi connectivity index (χ1v) is 7.04. The van der Waals surface area contributed by atoms with E-state index in [0.717, 1.165) is 5.56 Å². The summed E-state index contributed by atoms with van der Waals surface area (Å²) in [6, 6.07) is 4.69. The highest BCUT2D eigenvalue weighted by Crippen LogP contribution is 2.27. The maximum absolute atomic E-state index is 11.8. The van der Waals surface area contributed by atoms with Gasteiger partial charge in [0.1, 0.15) is 5.60 Å². The molecule has 0 aliphatic heterocycles. The van der Waals surface area contributed by atoms with Gasteiger partial charge >= 0.3 is 6.09 Å². The molecule has 20 heavy (non-hydrogen) atoms. The van der Waals surface area contributed by atoms with Crippen LogP contribution in [0.5, 0.6) is 0 Å². The average Bonchev–Trinajstić information content (AvgIpc) is 2.30. The van der Waals surface area contributed by atoms with Crippen molar-refractivity contribution in [3.05, 3.63) is 33.8 Å². The Morgan fingerprint density at radius 3 is 2.50 bits per heavy atom. The molecular formula is C14H19Cl2NO3. The fraction of sp³-hybridized carbons (Fsp3) is 0.500. The number of benzene rings is 1. The molecule has 0 aliphatic rings. The number of hydrogen-bond acceptors (Lipinski definition) is 3. The molecule has 0 saturated carbocycles. The maximum atomic E-state index is 11.8. The third-order valence-electron chi connectivity index (χ3n) is 2.45. The fourth-order valence-electron chi connectivity index (χ4n) is 1.63. The molecule has 2 N–H and O–H groups in total. The lowest BCUT2D eigenvalue weighted by Crippen LogP contribution is -2.35. The van der Waals surface area contributed by atoms with E-state index in [1.807, 2.05) is 0 Å². The number of carbonyl (C=O) groups is 1. The highest BCUT2D eigenvalue weighted by atomic mass is 35.5. The molecule has 1 unspecified atom stereocenters. The first kappa shape index (κ1) is 17.1. The van der Waals surface area contributed by atoms with Crippen LogP contribution in [-0.2, 0) is 4.74 Å². The van der Waals surface area contributed by atoms with Crippen LogP contribution in [0.1, 0.15) is 38.8 Å². The fourth-order valence-corrected chi connectivity index (χ4v) is 1.94. The number of ether oxygens (including phenoxy) is 1. The van der Waals surface area contributed by atoms with Crippen molar-refractivity contribution >= 4 is 29.3 Å². The van der Waals surface area contributed by atoms with Gasteiger partial charge in [0.05, 0.1) is 16.1 Å².